The number of nitrogens with zero attached hydrogens (tertiary/aromatic N) is 3. The van der Waals surface area contributed by atoms with E-state index < -0.39 is 5.97 Å². The van der Waals surface area contributed by atoms with Crippen molar-refractivity contribution in [3.05, 3.63) is 12.0 Å². The fourth-order valence-electron chi connectivity index (χ4n) is 1.78. The first-order valence-corrected chi connectivity index (χ1v) is 4.68. The first-order valence-electron chi connectivity index (χ1n) is 4.68. The average molecular weight is 209 g/mol. The second-order valence-corrected chi connectivity index (χ2v) is 3.44. The molecule has 15 heavy (non-hydrogen) atoms. The average Bonchev–Trinajstić information content (AvgIpc) is 2.60. The lowest BCUT2D eigenvalue weighted by atomic mass is 10.2. The minimum atomic E-state index is -1.10. The molecule has 1 aromatic rings. The van der Waals surface area contributed by atoms with E-state index in [0.717, 1.165) is 6.42 Å². The van der Waals surface area contributed by atoms with Gasteiger partial charge < -0.3 is 9.67 Å². The van der Waals surface area contributed by atoms with Crippen LogP contribution in [0.25, 0.3) is 0 Å². The van der Waals surface area contributed by atoms with Gasteiger partial charge in [0, 0.05) is 20.0 Å². The summed E-state index contributed by atoms with van der Waals surface area (Å²) in [6.07, 6.45) is 2.29. The highest BCUT2D eigenvalue weighted by atomic mass is 16.4. The van der Waals surface area contributed by atoms with Gasteiger partial charge in [-0.1, -0.05) is 0 Å². The Morgan fingerprint density at radius 3 is 2.80 bits per heavy atom. The van der Waals surface area contributed by atoms with Gasteiger partial charge in [-0.3, -0.25) is 9.69 Å². The van der Waals surface area contributed by atoms with E-state index in [2.05, 4.69) is 4.98 Å². The standard InChI is InChI=1S/C9H11N3O3/c1-6(13)12-4-2-3-11-5-10-7(8(11)12)9(14)15/h5H,2-4H2,1H3,(H,14,15). The Labute approximate surface area is 86.1 Å². The van der Waals surface area contributed by atoms with Crippen molar-refractivity contribution >= 4 is 17.7 Å². The van der Waals surface area contributed by atoms with Crippen molar-refractivity contribution in [3.8, 4) is 0 Å². The maximum Gasteiger partial charge on any atom is 0.358 e. The summed E-state index contributed by atoms with van der Waals surface area (Å²) >= 11 is 0. The summed E-state index contributed by atoms with van der Waals surface area (Å²) in [5, 5.41) is 8.92. The highest BCUT2D eigenvalue weighted by Gasteiger charge is 2.27. The second kappa shape index (κ2) is 3.38. The molecule has 6 heteroatoms. The predicted molar refractivity (Wildman–Crippen MR) is 51.8 cm³/mol. The normalized spacial score (nSPS) is 14.9. The van der Waals surface area contributed by atoms with Crippen molar-refractivity contribution in [2.24, 2.45) is 0 Å². The smallest absolute Gasteiger partial charge is 0.358 e. The number of anilines is 1. The number of amides is 1. The summed E-state index contributed by atoms with van der Waals surface area (Å²) in [7, 11) is 0. The molecule has 0 atom stereocenters. The largest absolute Gasteiger partial charge is 0.476 e. The molecule has 0 aliphatic carbocycles. The molecule has 0 radical (unpaired) electrons. The van der Waals surface area contributed by atoms with Crippen LogP contribution in [0.1, 0.15) is 23.8 Å². The summed E-state index contributed by atoms with van der Waals surface area (Å²) in [5.41, 5.74) is -0.0510. The van der Waals surface area contributed by atoms with E-state index in [1.165, 1.54) is 18.2 Å². The van der Waals surface area contributed by atoms with E-state index in [1.54, 1.807) is 4.57 Å². The van der Waals surface area contributed by atoms with Gasteiger partial charge in [0.2, 0.25) is 5.91 Å². The minimum absolute atomic E-state index is 0.0510. The quantitative estimate of drug-likeness (QED) is 0.723. The third-order valence-corrected chi connectivity index (χ3v) is 2.43. The van der Waals surface area contributed by atoms with Crippen LogP contribution in [-0.2, 0) is 11.3 Å². The molecule has 1 aliphatic rings. The van der Waals surface area contributed by atoms with Crippen molar-refractivity contribution in [1.82, 2.24) is 9.55 Å². The molecule has 0 aromatic carbocycles. The number of aromatic carboxylic acids is 1. The van der Waals surface area contributed by atoms with E-state index in [-0.39, 0.29) is 11.6 Å². The van der Waals surface area contributed by atoms with E-state index in [4.69, 9.17) is 5.11 Å². The Balaban J connectivity index is 2.52. The molecule has 0 fully saturated rings. The van der Waals surface area contributed by atoms with Gasteiger partial charge in [0.1, 0.15) is 5.82 Å². The molecule has 0 unspecified atom stereocenters. The van der Waals surface area contributed by atoms with Crippen molar-refractivity contribution in [2.75, 3.05) is 11.4 Å². The van der Waals surface area contributed by atoms with Crippen LogP contribution in [0.2, 0.25) is 0 Å². The molecular formula is C9H11N3O3. The van der Waals surface area contributed by atoms with Crippen LogP contribution < -0.4 is 4.90 Å². The summed E-state index contributed by atoms with van der Waals surface area (Å²) in [4.78, 5) is 27.5. The van der Waals surface area contributed by atoms with Gasteiger partial charge >= 0.3 is 5.97 Å². The molecule has 80 valence electrons. The fourth-order valence-corrected chi connectivity index (χ4v) is 1.78. The van der Waals surface area contributed by atoms with Crippen LogP contribution in [-0.4, -0.2) is 33.1 Å². The zero-order chi connectivity index (χ0) is 11.0. The van der Waals surface area contributed by atoms with Crippen LogP contribution in [0.3, 0.4) is 0 Å². The summed E-state index contributed by atoms with van der Waals surface area (Å²) in [6.45, 7) is 2.69. The molecule has 2 rings (SSSR count). The third kappa shape index (κ3) is 1.47. The zero-order valence-corrected chi connectivity index (χ0v) is 8.30. The molecule has 1 N–H and O–H groups in total. The second-order valence-electron chi connectivity index (χ2n) is 3.44. The molecule has 2 heterocycles. The van der Waals surface area contributed by atoms with Gasteiger partial charge in [-0.2, -0.15) is 0 Å². The Hall–Kier alpha value is -1.85. The zero-order valence-electron chi connectivity index (χ0n) is 8.30. The van der Waals surface area contributed by atoms with Crippen molar-refractivity contribution in [1.29, 1.82) is 0 Å². The number of carbonyl (C=O) groups is 2. The minimum Gasteiger partial charge on any atom is -0.476 e. The molecule has 0 saturated carbocycles. The van der Waals surface area contributed by atoms with Crippen molar-refractivity contribution in [2.45, 2.75) is 19.9 Å². The van der Waals surface area contributed by atoms with Crippen molar-refractivity contribution < 1.29 is 14.7 Å². The molecular weight excluding hydrogens is 198 g/mol. The predicted octanol–water partition coefficient (Wildman–Crippen LogP) is 0.338. The molecule has 1 aliphatic heterocycles. The maximum absolute atomic E-state index is 11.3. The molecule has 1 aromatic heterocycles. The van der Waals surface area contributed by atoms with Crippen LogP contribution in [0.5, 0.6) is 0 Å². The van der Waals surface area contributed by atoms with E-state index in [1.807, 2.05) is 0 Å². The summed E-state index contributed by atoms with van der Waals surface area (Å²) < 4.78 is 1.70. The molecule has 0 spiro atoms. The maximum atomic E-state index is 11.3. The lowest BCUT2D eigenvalue weighted by Gasteiger charge is -2.27. The number of aromatic nitrogens is 2. The number of fused-ring (bicyclic) bond motifs is 1. The van der Waals surface area contributed by atoms with Gasteiger partial charge in [0.25, 0.3) is 0 Å². The lowest BCUT2D eigenvalue weighted by molar-refractivity contribution is -0.116. The van der Waals surface area contributed by atoms with E-state index >= 15 is 0 Å². The van der Waals surface area contributed by atoms with E-state index in [0.29, 0.717) is 18.9 Å². The Morgan fingerprint density at radius 1 is 1.47 bits per heavy atom. The Kier molecular flexibility index (Phi) is 2.18. The van der Waals surface area contributed by atoms with Gasteiger partial charge in [-0.15, -0.1) is 0 Å². The molecule has 6 nitrogen and oxygen atoms in total. The van der Waals surface area contributed by atoms with Crippen LogP contribution in [0.4, 0.5) is 5.82 Å². The van der Waals surface area contributed by atoms with Crippen LogP contribution in [0, 0.1) is 0 Å². The van der Waals surface area contributed by atoms with Gasteiger partial charge in [0.05, 0.1) is 6.33 Å². The highest BCUT2D eigenvalue weighted by Crippen LogP contribution is 2.24. The number of carbonyl (C=O) groups excluding carboxylic acids is 1. The number of imidazole rings is 1. The number of hydrogen-bond donors (Lipinski definition) is 1. The number of rotatable bonds is 1. The van der Waals surface area contributed by atoms with Gasteiger partial charge in [0.15, 0.2) is 5.69 Å². The molecule has 0 bridgehead atoms. The number of hydrogen-bond acceptors (Lipinski definition) is 3. The van der Waals surface area contributed by atoms with E-state index in [9.17, 15) is 9.59 Å². The molecule has 0 saturated heterocycles. The highest BCUT2D eigenvalue weighted by molar-refractivity contribution is 5.99. The number of carboxylic acid groups (broad SMARTS) is 1. The lowest BCUT2D eigenvalue weighted by Crippen LogP contribution is -2.36. The van der Waals surface area contributed by atoms with Crippen molar-refractivity contribution in [3.63, 3.8) is 0 Å². The SMILES string of the molecule is CC(=O)N1CCCn2cnc(C(=O)O)c21. The summed E-state index contributed by atoms with van der Waals surface area (Å²) in [6, 6.07) is 0. The third-order valence-electron chi connectivity index (χ3n) is 2.43. The van der Waals surface area contributed by atoms with Crippen LogP contribution >= 0.6 is 0 Å². The first kappa shape index (κ1) is 9.70. The first-order chi connectivity index (χ1) is 7.11. The fraction of sp³-hybridized carbons (Fsp3) is 0.444. The Morgan fingerprint density at radius 2 is 2.20 bits per heavy atom. The topological polar surface area (TPSA) is 75.4 Å². The summed E-state index contributed by atoms with van der Waals surface area (Å²) in [5.74, 6) is -0.850. The monoisotopic (exact) mass is 209 g/mol. The number of carboxylic acids is 1. The Bertz CT molecular complexity index is 424. The number of aryl methyl sites for hydroxylation is 1. The molecule has 1 amide bonds. The van der Waals surface area contributed by atoms with Gasteiger partial charge in [-0.25, -0.2) is 9.78 Å². The van der Waals surface area contributed by atoms with Crippen LogP contribution in [0.15, 0.2) is 6.33 Å². The van der Waals surface area contributed by atoms with Gasteiger partial charge in [-0.05, 0) is 6.42 Å².